The zero-order chi connectivity index (χ0) is 15.8. The zero-order valence-electron chi connectivity index (χ0n) is 13.7. The largest absolute Gasteiger partial charge is 0.493 e. The van der Waals surface area contributed by atoms with Crippen LogP contribution in [0.2, 0.25) is 0 Å². The van der Waals surface area contributed by atoms with Crippen LogP contribution in [-0.2, 0) is 17.3 Å². The van der Waals surface area contributed by atoms with Gasteiger partial charge in [0.25, 0.3) is 0 Å². The number of rotatable bonds is 9. The van der Waals surface area contributed by atoms with Crippen LogP contribution in [0.4, 0.5) is 0 Å². The maximum Gasteiger partial charge on any atom is 0.161 e. The minimum Gasteiger partial charge on any atom is -0.493 e. The van der Waals surface area contributed by atoms with Gasteiger partial charge in [-0.05, 0) is 38.1 Å². The molecule has 0 saturated heterocycles. The average molecular weight is 313 g/mol. The molecule has 0 N–H and O–H groups in total. The summed E-state index contributed by atoms with van der Waals surface area (Å²) in [6.45, 7) is 5.66. The van der Waals surface area contributed by atoms with Crippen molar-refractivity contribution in [3.63, 3.8) is 0 Å². The Bertz CT molecular complexity index is 465. The van der Waals surface area contributed by atoms with Crippen LogP contribution < -0.4 is 9.47 Å². The van der Waals surface area contributed by atoms with E-state index >= 15 is 0 Å². The Balaban J connectivity index is 2.73. The van der Waals surface area contributed by atoms with Gasteiger partial charge in [-0.1, -0.05) is 13.0 Å². The molecule has 120 valence electrons. The van der Waals surface area contributed by atoms with Gasteiger partial charge in [0.1, 0.15) is 0 Å². The molecule has 0 aliphatic carbocycles. The SMILES string of the molecule is CCCOc1ccc(CN(C)C(C)CS(C)=O)cc1OC. The molecule has 0 aliphatic rings. The first-order valence-corrected chi connectivity index (χ1v) is 9.00. The summed E-state index contributed by atoms with van der Waals surface area (Å²) in [6.07, 6.45) is 2.71. The molecule has 0 fully saturated rings. The minimum atomic E-state index is -0.774. The van der Waals surface area contributed by atoms with Crippen LogP contribution in [0.15, 0.2) is 18.2 Å². The van der Waals surface area contributed by atoms with Crippen molar-refractivity contribution in [1.82, 2.24) is 4.90 Å². The third kappa shape index (κ3) is 6.06. The second kappa shape index (κ2) is 9.05. The number of hydrogen-bond acceptors (Lipinski definition) is 4. The van der Waals surface area contributed by atoms with Gasteiger partial charge in [-0.2, -0.15) is 0 Å². The molecular weight excluding hydrogens is 286 g/mol. The van der Waals surface area contributed by atoms with Crippen molar-refractivity contribution in [3.05, 3.63) is 23.8 Å². The van der Waals surface area contributed by atoms with Crippen LogP contribution >= 0.6 is 0 Å². The summed E-state index contributed by atoms with van der Waals surface area (Å²) < 4.78 is 22.4. The fraction of sp³-hybridized carbons (Fsp3) is 0.625. The summed E-state index contributed by atoms with van der Waals surface area (Å²) >= 11 is 0. The first-order chi connectivity index (χ1) is 9.97. The number of hydrogen-bond donors (Lipinski definition) is 0. The molecule has 0 heterocycles. The fourth-order valence-electron chi connectivity index (χ4n) is 2.05. The second-order valence-corrected chi connectivity index (χ2v) is 6.82. The van der Waals surface area contributed by atoms with E-state index in [0.29, 0.717) is 12.4 Å². The summed E-state index contributed by atoms with van der Waals surface area (Å²) in [5.41, 5.74) is 1.16. The van der Waals surface area contributed by atoms with Gasteiger partial charge in [0.05, 0.1) is 13.7 Å². The van der Waals surface area contributed by atoms with Crippen molar-refractivity contribution >= 4 is 10.8 Å². The van der Waals surface area contributed by atoms with Gasteiger partial charge in [-0.3, -0.25) is 9.11 Å². The van der Waals surface area contributed by atoms with Gasteiger partial charge in [0, 0.05) is 35.4 Å². The van der Waals surface area contributed by atoms with E-state index in [1.54, 1.807) is 13.4 Å². The van der Waals surface area contributed by atoms with Gasteiger partial charge < -0.3 is 9.47 Å². The van der Waals surface area contributed by atoms with Crippen molar-refractivity contribution < 1.29 is 13.7 Å². The standard InChI is InChI=1S/C16H27NO3S/c1-6-9-20-15-8-7-14(10-16(15)19-4)11-17(3)13(2)12-21(5)18/h7-8,10,13H,6,9,11-12H2,1-5H3. The van der Waals surface area contributed by atoms with Gasteiger partial charge in [0.15, 0.2) is 11.5 Å². The molecule has 1 aromatic carbocycles. The van der Waals surface area contributed by atoms with Gasteiger partial charge >= 0.3 is 0 Å². The van der Waals surface area contributed by atoms with E-state index in [9.17, 15) is 4.21 Å². The van der Waals surface area contributed by atoms with Gasteiger partial charge in [0.2, 0.25) is 0 Å². The van der Waals surface area contributed by atoms with E-state index in [0.717, 1.165) is 30.0 Å². The molecular formula is C16H27NO3S. The van der Waals surface area contributed by atoms with Crippen LogP contribution in [0.1, 0.15) is 25.8 Å². The third-order valence-corrected chi connectivity index (χ3v) is 4.30. The highest BCUT2D eigenvalue weighted by molar-refractivity contribution is 7.84. The van der Waals surface area contributed by atoms with Crippen molar-refractivity contribution in [3.8, 4) is 11.5 Å². The Morgan fingerprint density at radius 2 is 2.05 bits per heavy atom. The number of nitrogens with zero attached hydrogens (tertiary/aromatic N) is 1. The lowest BCUT2D eigenvalue weighted by Gasteiger charge is -2.24. The topological polar surface area (TPSA) is 38.8 Å². The second-order valence-electron chi connectivity index (χ2n) is 5.34. The Labute approximate surface area is 130 Å². The predicted octanol–water partition coefficient (Wildman–Crippen LogP) is 2.68. The Kier molecular flexibility index (Phi) is 7.75. The lowest BCUT2D eigenvalue weighted by Crippen LogP contribution is -2.32. The van der Waals surface area contributed by atoms with Crippen LogP contribution in [0.3, 0.4) is 0 Å². The first-order valence-electron chi connectivity index (χ1n) is 7.27. The maximum atomic E-state index is 11.3. The summed E-state index contributed by atoms with van der Waals surface area (Å²) in [6, 6.07) is 6.30. The van der Waals surface area contributed by atoms with E-state index < -0.39 is 10.8 Å². The van der Waals surface area contributed by atoms with E-state index in [-0.39, 0.29) is 6.04 Å². The normalized spacial score (nSPS) is 14.0. The molecule has 5 heteroatoms. The smallest absolute Gasteiger partial charge is 0.161 e. The molecule has 0 spiro atoms. The minimum absolute atomic E-state index is 0.276. The summed E-state index contributed by atoms with van der Waals surface area (Å²) in [5, 5.41) is 0. The van der Waals surface area contributed by atoms with E-state index in [1.807, 2.05) is 19.2 Å². The van der Waals surface area contributed by atoms with E-state index in [2.05, 4.69) is 24.8 Å². The first kappa shape index (κ1) is 18.0. The number of ether oxygens (including phenoxy) is 2. The fourth-order valence-corrected chi connectivity index (χ4v) is 2.99. The summed E-state index contributed by atoms with van der Waals surface area (Å²) in [5.74, 6) is 2.24. The van der Waals surface area contributed by atoms with Crippen LogP contribution in [0.5, 0.6) is 11.5 Å². The molecule has 0 saturated carbocycles. The molecule has 2 unspecified atom stereocenters. The predicted molar refractivity (Wildman–Crippen MR) is 88.6 cm³/mol. The van der Waals surface area contributed by atoms with Crippen molar-refractivity contribution in [2.45, 2.75) is 32.9 Å². The van der Waals surface area contributed by atoms with E-state index in [4.69, 9.17) is 9.47 Å². The van der Waals surface area contributed by atoms with Crippen molar-refractivity contribution in [1.29, 1.82) is 0 Å². The van der Waals surface area contributed by atoms with E-state index in [1.165, 1.54) is 0 Å². The maximum absolute atomic E-state index is 11.3. The van der Waals surface area contributed by atoms with Crippen molar-refractivity contribution in [2.75, 3.05) is 32.8 Å². The van der Waals surface area contributed by atoms with Crippen molar-refractivity contribution in [2.24, 2.45) is 0 Å². The van der Waals surface area contributed by atoms with Gasteiger partial charge in [-0.15, -0.1) is 0 Å². The average Bonchev–Trinajstić information content (AvgIpc) is 2.44. The molecule has 2 atom stereocenters. The molecule has 0 aliphatic heterocycles. The highest BCUT2D eigenvalue weighted by Gasteiger charge is 2.13. The zero-order valence-corrected chi connectivity index (χ0v) is 14.5. The quantitative estimate of drug-likeness (QED) is 0.702. The number of methoxy groups -OCH3 is 1. The van der Waals surface area contributed by atoms with Gasteiger partial charge in [-0.25, -0.2) is 0 Å². The molecule has 0 aromatic heterocycles. The molecule has 4 nitrogen and oxygen atoms in total. The monoisotopic (exact) mass is 313 g/mol. The lowest BCUT2D eigenvalue weighted by atomic mass is 10.1. The summed E-state index contributed by atoms with van der Waals surface area (Å²) in [4.78, 5) is 2.20. The summed E-state index contributed by atoms with van der Waals surface area (Å²) in [7, 11) is 2.93. The molecule has 0 radical (unpaired) electrons. The molecule has 0 amide bonds. The molecule has 1 aromatic rings. The Morgan fingerprint density at radius 3 is 2.62 bits per heavy atom. The van der Waals surface area contributed by atoms with Crippen LogP contribution in [0.25, 0.3) is 0 Å². The highest BCUT2D eigenvalue weighted by Crippen LogP contribution is 2.28. The number of benzene rings is 1. The molecule has 0 bridgehead atoms. The Morgan fingerprint density at radius 1 is 1.33 bits per heavy atom. The van der Waals surface area contributed by atoms with Crippen LogP contribution in [-0.4, -0.2) is 47.9 Å². The highest BCUT2D eigenvalue weighted by atomic mass is 32.2. The molecule has 21 heavy (non-hydrogen) atoms. The van der Waals surface area contributed by atoms with Crippen LogP contribution in [0, 0.1) is 0 Å². The molecule has 1 rings (SSSR count). The Hall–Kier alpha value is -1.07. The third-order valence-electron chi connectivity index (χ3n) is 3.35. The lowest BCUT2D eigenvalue weighted by molar-refractivity contribution is 0.266.